The molecule has 1 N–H and O–H groups in total. The number of amides is 1. The predicted molar refractivity (Wildman–Crippen MR) is 85.7 cm³/mol. The van der Waals surface area contributed by atoms with Crippen molar-refractivity contribution in [1.82, 2.24) is 19.8 Å². The molecule has 3 aromatic rings. The second-order valence-electron chi connectivity index (χ2n) is 4.44. The Morgan fingerprint density at radius 3 is 3.09 bits per heavy atom. The molecule has 7 nitrogen and oxygen atoms in total. The number of carbonyl (C=O) groups is 1. The molecule has 2 heterocycles. The van der Waals surface area contributed by atoms with Crippen molar-refractivity contribution >= 4 is 39.7 Å². The molecular formula is C13H13N5O2S2. The molecule has 0 unspecified atom stereocenters. The smallest absolute Gasteiger partial charge is 0.235 e. The van der Waals surface area contributed by atoms with Crippen LogP contribution in [0.1, 0.15) is 5.56 Å². The van der Waals surface area contributed by atoms with Gasteiger partial charge >= 0.3 is 0 Å². The fourth-order valence-corrected chi connectivity index (χ4v) is 3.48. The van der Waals surface area contributed by atoms with Crippen molar-refractivity contribution in [3.05, 3.63) is 30.1 Å². The zero-order chi connectivity index (χ0) is 15.5. The monoisotopic (exact) mass is 335 g/mol. The first-order valence-corrected chi connectivity index (χ1v) is 8.20. The summed E-state index contributed by atoms with van der Waals surface area (Å²) in [6.07, 6.45) is 1.54. The van der Waals surface area contributed by atoms with Crippen LogP contribution in [0.5, 0.6) is 5.75 Å². The fraction of sp³-hybridized carbons (Fsp3) is 0.231. The average Bonchev–Trinajstić information content (AvgIpc) is 3.08. The van der Waals surface area contributed by atoms with Gasteiger partial charge in [-0.05, 0) is 30.7 Å². The number of hydrogen-bond donors (Lipinski definition) is 1. The number of rotatable bonds is 5. The van der Waals surface area contributed by atoms with Gasteiger partial charge in [0.2, 0.25) is 10.9 Å². The molecule has 1 amide bonds. The number of thioether (sulfide) groups is 1. The number of aryl methyl sites for hydroxylation is 1. The number of benzene rings is 1. The van der Waals surface area contributed by atoms with Gasteiger partial charge < -0.3 is 10.1 Å². The molecule has 9 heteroatoms. The number of anilines is 1. The summed E-state index contributed by atoms with van der Waals surface area (Å²) in [4.78, 5) is 12.7. The average molecular weight is 335 g/mol. The molecule has 0 bridgehead atoms. The third kappa shape index (κ3) is 3.20. The van der Waals surface area contributed by atoms with Crippen LogP contribution in [0.3, 0.4) is 0 Å². The Hall–Kier alpha value is -2.13. The molecule has 0 saturated carbocycles. The Balaban J connectivity index is 1.59. The van der Waals surface area contributed by atoms with E-state index in [9.17, 15) is 4.79 Å². The molecule has 0 aliphatic carbocycles. The number of fused-ring (bicyclic) bond motifs is 1. The Bertz CT molecular complexity index is 785. The standard InChI is InChI=1S/C13H13N5O2S2/c1-8-5-9(20-2)3-4-10(8)15-11(19)6-21-13-17-18-7-14-16-12(18)22-13/h3-5,7H,6H2,1-2H3,(H,15,19). The lowest BCUT2D eigenvalue weighted by Gasteiger charge is -2.09. The van der Waals surface area contributed by atoms with E-state index >= 15 is 0 Å². The van der Waals surface area contributed by atoms with Crippen LogP contribution in [-0.4, -0.2) is 38.6 Å². The topological polar surface area (TPSA) is 81.4 Å². The molecule has 0 spiro atoms. The highest BCUT2D eigenvalue weighted by atomic mass is 32.2. The van der Waals surface area contributed by atoms with Gasteiger partial charge in [0.25, 0.3) is 0 Å². The minimum Gasteiger partial charge on any atom is -0.497 e. The number of ether oxygens (including phenoxy) is 1. The molecule has 0 atom stereocenters. The number of nitrogens with one attached hydrogen (secondary N) is 1. The van der Waals surface area contributed by atoms with Gasteiger partial charge in [-0.15, -0.1) is 15.3 Å². The first-order valence-electron chi connectivity index (χ1n) is 6.40. The van der Waals surface area contributed by atoms with Gasteiger partial charge in [-0.3, -0.25) is 4.79 Å². The number of aromatic nitrogens is 4. The van der Waals surface area contributed by atoms with Crippen molar-refractivity contribution in [3.63, 3.8) is 0 Å². The Labute approximate surface area is 134 Å². The molecule has 0 saturated heterocycles. The van der Waals surface area contributed by atoms with E-state index in [0.717, 1.165) is 21.3 Å². The van der Waals surface area contributed by atoms with Crippen molar-refractivity contribution in [2.75, 3.05) is 18.2 Å². The predicted octanol–water partition coefficient (Wildman–Crippen LogP) is 2.23. The van der Waals surface area contributed by atoms with E-state index in [0.29, 0.717) is 4.96 Å². The lowest BCUT2D eigenvalue weighted by atomic mass is 10.2. The maximum absolute atomic E-state index is 12.0. The molecule has 2 aromatic heterocycles. The summed E-state index contributed by atoms with van der Waals surface area (Å²) >= 11 is 2.78. The zero-order valence-electron chi connectivity index (χ0n) is 11.9. The minimum absolute atomic E-state index is 0.0794. The van der Waals surface area contributed by atoms with Crippen LogP contribution in [-0.2, 0) is 4.79 Å². The number of nitrogens with zero attached hydrogens (tertiary/aromatic N) is 4. The summed E-state index contributed by atoms with van der Waals surface area (Å²) in [5.41, 5.74) is 1.74. The van der Waals surface area contributed by atoms with E-state index in [4.69, 9.17) is 4.74 Å². The van der Waals surface area contributed by atoms with Gasteiger partial charge in [0, 0.05) is 5.69 Å². The quantitative estimate of drug-likeness (QED) is 0.720. The van der Waals surface area contributed by atoms with Crippen LogP contribution in [0.15, 0.2) is 28.9 Å². The second kappa shape index (κ2) is 6.32. The van der Waals surface area contributed by atoms with Gasteiger partial charge in [0.05, 0.1) is 12.9 Å². The fourth-order valence-electron chi connectivity index (χ4n) is 1.82. The zero-order valence-corrected chi connectivity index (χ0v) is 13.6. The molecule has 114 valence electrons. The molecule has 1 aromatic carbocycles. The van der Waals surface area contributed by atoms with Crippen LogP contribution < -0.4 is 10.1 Å². The second-order valence-corrected chi connectivity index (χ2v) is 6.62. The van der Waals surface area contributed by atoms with Crippen molar-refractivity contribution in [1.29, 1.82) is 0 Å². The van der Waals surface area contributed by atoms with E-state index in [1.54, 1.807) is 11.6 Å². The molecule has 3 rings (SSSR count). The Kier molecular flexibility index (Phi) is 4.25. The van der Waals surface area contributed by atoms with E-state index in [1.165, 1.54) is 29.4 Å². The lowest BCUT2D eigenvalue weighted by molar-refractivity contribution is -0.113. The van der Waals surface area contributed by atoms with Crippen LogP contribution in [0.2, 0.25) is 0 Å². The van der Waals surface area contributed by atoms with E-state index in [1.807, 2.05) is 25.1 Å². The minimum atomic E-state index is -0.0794. The van der Waals surface area contributed by atoms with Gasteiger partial charge in [-0.1, -0.05) is 23.1 Å². The van der Waals surface area contributed by atoms with Crippen LogP contribution in [0, 0.1) is 6.92 Å². The largest absolute Gasteiger partial charge is 0.497 e. The third-order valence-electron chi connectivity index (χ3n) is 2.90. The van der Waals surface area contributed by atoms with Crippen LogP contribution >= 0.6 is 23.1 Å². The van der Waals surface area contributed by atoms with Crippen molar-refractivity contribution in [2.45, 2.75) is 11.3 Å². The third-order valence-corrected chi connectivity index (χ3v) is 4.95. The first-order chi connectivity index (χ1) is 10.7. The summed E-state index contributed by atoms with van der Waals surface area (Å²) in [6.45, 7) is 1.92. The summed E-state index contributed by atoms with van der Waals surface area (Å²) in [6, 6.07) is 5.53. The molecule has 0 radical (unpaired) electrons. The van der Waals surface area contributed by atoms with Crippen molar-refractivity contribution in [3.8, 4) is 5.75 Å². The molecule has 0 aliphatic heterocycles. The Morgan fingerprint density at radius 1 is 1.50 bits per heavy atom. The highest BCUT2D eigenvalue weighted by molar-refractivity contribution is 8.01. The molecule has 22 heavy (non-hydrogen) atoms. The van der Waals surface area contributed by atoms with Crippen LogP contribution in [0.25, 0.3) is 4.96 Å². The normalized spacial score (nSPS) is 10.8. The van der Waals surface area contributed by atoms with Gasteiger partial charge in [0.1, 0.15) is 12.1 Å². The first kappa shape index (κ1) is 14.8. The highest BCUT2D eigenvalue weighted by Gasteiger charge is 2.10. The Morgan fingerprint density at radius 2 is 2.36 bits per heavy atom. The van der Waals surface area contributed by atoms with E-state index in [-0.39, 0.29) is 11.7 Å². The van der Waals surface area contributed by atoms with Crippen LogP contribution in [0.4, 0.5) is 5.69 Å². The number of methoxy groups -OCH3 is 1. The highest BCUT2D eigenvalue weighted by Crippen LogP contribution is 2.25. The maximum atomic E-state index is 12.0. The summed E-state index contributed by atoms with van der Waals surface area (Å²) in [7, 11) is 1.62. The number of hydrogen-bond acceptors (Lipinski definition) is 7. The lowest BCUT2D eigenvalue weighted by Crippen LogP contribution is -2.14. The molecule has 0 aliphatic rings. The molecular weight excluding hydrogens is 322 g/mol. The molecule has 0 fully saturated rings. The summed E-state index contributed by atoms with van der Waals surface area (Å²) in [5.74, 6) is 0.976. The van der Waals surface area contributed by atoms with Gasteiger partial charge in [-0.25, -0.2) is 0 Å². The SMILES string of the molecule is COc1ccc(NC(=O)CSc2nn3cnnc3s2)c(C)c1. The summed E-state index contributed by atoms with van der Waals surface area (Å²) in [5, 5.41) is 14.8. The van der Waals surface area contributed by atoms with Gasteiger partial charge in [0.15, 0.2) is 4.34 Å². The van der Waals surface area contributed by atoms with Crippen molar-refractivity contribution in [2.24, 2.45) is 0 Å². The maximum Gasteiger partial charge on any atom is 0.235 e. The summed E-state index contributed by atoms with van der Waals surface area (Å²) < 4.78 is 7.52. The number of carbonyl (C=O) groups excluding carboxylic acids is 1. The van der Waals surface area contributed by atoms with Crippen molar-refractivity contribution < 1.29 is 9.53 Å². The van der Waals surface area contributed by atoms with Gasteiger partial charge in [-0.2, -0.15) is 4.52 Å². The van der Waals surface area contributed by atoms with E-state index in [2.05, 4.69) is 20.6 Å². The van der Waals surface area contributed by atoms with E-state index < -0.39 is 0 Å².